The van der Waals surface area contributed by atoms with Crippen LogP contribution in [0.25, 0.3) is 0 Å². The van der Waals surface area contributed by atoms with E-state index in [2.05, 4.69) is 46.8 Å². The van der Waals surface area contributed by atoms with Gasteiger partial charge >= 0.3 is 0 Å². The Morgan fingerprint density at radius 3 is 1.93 bits per heavy atom. The van der Waals surface area contributed by atoms with Crippen LogP contribution in [0.4, 0.5) is 0 Å². The molecule has 0 nitrogen and oxygen atoms in total. The van der Waals surface area contributed by atoms with Crippen molar-refractivity contribution in [2.45, 2.75) is 53.4 Å². The standard InChI is InChI=1S/C15H25/c1-6-14(4)10-8-12-15(5)11-7-9-13(2)3/h6,9,12H,1,7-8,10-11H2,2-5H3/b14-6+,15-12+. The Morgan fingerprint density at radius 2 is 1.40 bits per heavy atom. The summed E-state index contributed by atoms with van der Waals surface area (Å²) in [6.07, 6.45) is 11.3. The highest BCUT2D eigenvalue weighted by molar-refractivity contribution is 5.05. The molecule has 0 saturated carbocycles. The van der Waals surface area contributed by atoms with Crippen LogP contribution in [-0.4, -0.2) is 0 Å². The Kier molecular flexibility index (Phi) is 8.08. The minimum Gasteiger partial charge on any atom is -0.0856 e. The van der Waals surface area contributed by atoms with Crippen LogP contribution in [0.5, 0.6) is 0 Å². The van der Waals surface area contributed by atoms with Gasteiger partial charge in [0.05, 0.1) is 0 Å². The van der Waals surface area contributed by atoms with E-state index in [4.69, 9.17) is 0 Å². The van der Waals surface area contributed by atoms with Crippen molar-refractivity contribution in [1.29, 1.82) is 0 Å². The van der Waals surface area contributed by atoms with Crippen molar-refractivity contribution >= 4 is 0 Å². The predicted molar refractivity (Wildman–Crippen MR) is 70.8 cm³/mol. The van der Waals surface area contributed by atoms with Crippen LogP contribution in [0, 0.1) is 6.92 Å². The third kappa shape index (κ3) is 9.52. The molecule has 0 atom stereocenters. The summed E-state index contributed by atoms with van der Waals surface area (Å²) in [5.74, 6) is 0. The molecule has 0 N–H and O–H groups in total. The highest BCUT2D eigenvalue weighted by atomic mass is 14.0. The van der Waals surface area contributed by atoms with Crippen LogP contribution < -0.4 is 0 Å². The topological polar surface area (TPSA) is 0 Å². The lowest BCUT2D eigenvalue weighted by Crippen LogP contribution is -1.80. The molecule has 0 aromatic rings. The van der Waals surface area contributed by atoms with Gasteiger partial charge in [0, 0.05) is 0 Å². The number of hydrogen-bond acceptors (Lipinski definition) is 0. The van der Waals surface area contributed by atoms with Gasteiger partial charge in [-0.05, 0) is 60.3 Å². The lowest BCUT2D eigenvalue weighted by Gasteiger charge is -2.00. The molecule has 0 rings (SSSR count). The molecule has 15 heavy (non-hydrogen) atoms. The second-order valence-corrected chi connectivity index (χ2v) is 4.46. The molecule has 0 saturated heterocycles. The maximum Gasteiger partial charge on any atom is -0.0288 e. The number of rotatable bonds is 6. The maximum atomic E-state index is 3.76. The van der Waals surface area contributed by atoms with Crippen LogP contribution in [0.3, 0.4) is 0 Å². The van der Waals surface area contributed by atoms with Crippen LogP contribution in [0.1, 0.15) is 53.4 Å². The fourth-order valence-electron chi connectivity index (χ4n) is 1.34. The van der Waals surface area contributed by atoms with E-state index in [0.29, 0.717) is 0 Å². The van der Waals surface area contributed by atoms with Gasteiger partial charge < -0.3 is 0 Å². The van der Waals surface area contributed by atoms with E-state index in [1.807, 2.05) is 6.08 Å². The van der Waals surface area contributed by atoms with Gasteiger partial charge in [0.2, 0.25) is 0 Å². The molecule has 85 valence electrons. The van der Waals surface area contributed by atoms with E-state index in [-0.39, 0.29) is 0 Å². The molecule has 0 spiro atoms. The first kappa shape index (κ1) is 14.2. The van der Waals surface area contributed by atoms with Crippen LogP contribution in [-0.2, 0) is 0 Å². The van der Waals surface area contributed by atoms with Crippen LogP contribution in [0.2, 0.25) is 0 Å². The van der Waals surface area contributed by atoms with Crippen molar-refractivity contribution in [2.75, 3.05) is 0 Å². The van der Waals surface area contributed by atoms with Crippen molar-refractivity contribution in [2.24, 2.45) is 0 Å². The highest BCUT2D eigenvalue weighted by Crippen LogP contribution is 2.10. The second-order valence-electron chi connectivity index (χ2n) is 4.46. The molecule has 0 unspecified atom stereocenters. The highest BCUT2D eigenvalue weighted by Gasteiger charge is 1.90. The Hall–Kier alpha value is -0.780. The molecule has 1 radical (unpaired) electrons. The van der Waals surface area contributed by atoms with Gasteiger partial charge in [0.15, 0.2) is 0 Å². The maximum absolute atomic E-state index is 3.76. The second kappa shape index (κ2) is 8.52. The summed E-state index contributed by atoms with van der Waals surface area (Å²) in [6.45, 7) is 12.4. The third-order valence-electron chi connectivity index (χ3n) is 2.47. The number of allylic oxidation sites excluding steroid dienone is 6. The average molecular weight is 205 g/mol. The van der Waals surface area contributed by atoms with E-state index in [1.54, 1.807) is 0 Å². The minimum absolute atomic E-state index is 1.14. The van der Waals surface area contributed by atoms with Gasteiger partial charge in [-0.15, -0.1) is 0 Å². The van der Waals surface area contributed by atoms with Gasteiger partial charge in [-0.3, -0.25) is 0 Å². The zero-order valence-electron chi connectivity index (χ0n) is 10.8. The first-order chi connectivity index (χ1) is 7.06. The predicted octanol–water partition coefficient (Wildman–Crippen LogP) is 5.24. The fourth-order valence-corrected chi connectivity index (χ4v) is 1.34. The lowest BCUT2D eigenvalue weighted by molar-refractivity contribution is 0.918. The quantitative estimate of drug-likeness (QED) is 0.520. The van der Waals surface area contributed by atoms with Crippen molar-refractivity contribution in [3.05, 3.63) is 41.9 Å². The first-order valence-electron chi connectivity index (χ1n) is 5.80. The van der Waals surface area contributed by atoms with E-state index >= 15 is 0 Å². The Morgan fingerprint density at radius 1 is 0.867 bits per heavy atom. The molecule has 0 aromatic carbocycles. The lowest BCUT2D eigenvalue weighted by atomic mass is 10.1. The Labute approximate surface area is 95.8 Å². The van der Waals surface area contributed by atoms with E-state index < -0.39 is 0 Å². The molecule has 0 aliphatic carbocycles. The summed E-state index contributed by atoms with van der Waals surface area (Å²) >= 11 is 0. The summed E-state index contributed by atoms with van der Waals surface area (Å²) in [7, 11) is 0. The summed E-state index contributed by atoms with van der Waals surface area (Å²) in [6, 6.07) is 0. The zero-order valence-corrected chi connectivity index (χ0v) is 10.8. The molecule has 0 amide bonds. The molecule has 0 aromatic heterocycles. The van der Waals surface area contributed by atoms with Gasteiger partial charge in [0.25, 0.3) is 0 Å². The summed E-state index contributed by atoms with van der Waals surface area (Å²) in [5.41, 5.74) is 4.30. The summed E-state index contributed by atoms with van der Waals surface area (Å²) in [5, 5.41) is 0. The molecule has 0 heteroatoms. The normalized spacial score (nSPS) is 12.9. The summed E-state index contributed by atoms with van der Waals surface area (Å²) < 4.78 is 0. The monoisotopic (exact) mass is 205 g/mol. The fraction of sp³-hybridized carbons (Fsp3) is 0.533. The molecule has 0 aliphatic rings. The average Bonchev–Trinajstić information content (AvgIpc) is 2.17. The van der Waals surface area contributed by atoms with Gasteiger partial charge in [-0.25, -0.2) is 0 Å². The number of hydrogen-bond donors (Lipinski definition) is 0. The smallest absolute Gasteiger partial charge is 0.0288 e. The van der Waals surface area contributed by atoms with E-state index in [0.717, 1.165) is 12.8 Å². The first-order valence-corrected chi connectivity index (χ1v) is 5.80. The molecule has 0 bridgehead atoms. The molecule has 0 aliphatic heterocycles. The Balaban J connectivity index is 3.75. The van der Waals surface area contributed by atoms with Crippen LogP contribution >= 0.6 is 0 Å². The van der Waals surface area contributed by atoms with Crippen molar-refractivity contribution < 1.29 is 0 Å². The zero-order chi connectivity index (χ0) is 11.7. The van der Waals surface area contributed by atoms with Crippen molar-refractivity contribution in [3.8, 4) is 0 Å². The van der Waals surface area contributed by atoms with Gasteiger partial charge in [-0.1, -0.05) is 34.9 Å². The van der Waals surface area contributed by atoms with Crippen molar-refractivity contribution in [3.63, 3.8) is 0 Å². The van der Waals surface area contributed by atoms with Crippen LogP contribution in [0.15, 0.2) is 34.9 Å². The largest absolute Gasteiger partial charge is 0.0856 e. The Bertz CT molecular complexity index is 247. The van der Waals surface area contributed by atoms with E-state index in [1.165, 1.54) is 29.6 Å². The van der Waals surface area contributed by atoms with Crippen molar-refractivity contribution in [1.82, 2.24) is 0 Å². The molecular weight excluding hydrogens is 180 g/mol. The summed E-state index contributed by atoms with van der Waals surface area (Å²) in [4.78, 5) is 0. The SMILES string of the molecule is [CH2]/C=C(\C)CC/C=C(\C)CCC=C(C)C. The third-order valence-corrected chi connectivity index (χ3v) is 2.47. The van der Waals surface area contributed by atoms with Gasteiger partial charge in [0.1, 0.15) is 0 Å². The van der Waals surface area contributed by atoms with Gasteiger partial charge in [-0.2, -0.15) is 0 Å². The molecule has 0 heterocycles. The molecular formula is C15H25. The van der Waals surface area contributed by atoms with E-state index in [9.17, 15) is 0 Å². The molecule has 0 fully saturated rings. The minimum atomic E-state index is 1.14.